The molecule has 0 unspecified atom stereocenters. The Kier molecular flexibility index (Phi) is 7.19. The molecule has 0 aromatic heterocycles. The number of ether oxygens (including phenoxy) is 1. The molecule has 0 saturated heterocycles. The topological polar surface area (TPSA) is 58.6 Å². The van der Waals surface area contributed by atoms with E-state index in [1.807, 2.05) is 24.3 Å². The number of carbonyl (C=O) groups is 2. The first-order chi connectivity index (χ1) is 14.3. The first-order valence-electron chi connectivity index (χ1n) is 9.75. The molecule has 7 heteroatoms. The number of halogens is 2. The number of hydrogen-bond donors (Lipinski definition) is 1. The summed E-state index contributed by atoms with van der Waals surface area (Å²) in [7, 11) is 1.58. The fourth-order valence-electron chi connectivity index (χ4n) is 3.30. The van der Waals surface area contributed by atoms with E-state index in [9.17, 15) is 9.59 Å². The number of nitrogens with one attached hydrogen (secondary N) is 1. The van der Waals surface area contributed by atoms with E-state index in [0.717, 1.165) is 5.69 Å². The fraction of sp³-hybridized carbons (Fsp3) is 0.304. The molecule has 1 aliphatic heterocycles. The Morgan fingerprint density at radius 2 is 1.73 bits per heavy atom. The summed E-state index contributed by atoms with van der Waals surface area (Å²) in [4.78, 5) is 27.5. The number of anilines is 1. The molecule has 3 rings (SSSR count). The number of methoxy groups -OCH3 is 1. The minimum absolute atomic E-state index is 0.207. The number of amides is 2. The lowest BCUT2D eigenvalue weighted by Crippen LogP contribution is -2.33. The van der Waals surface area contributed by atoms with Crippen molar-refractivity contribution >= 4 is 46.3 Å². The minimum Gasteiger partial charge on any atom is -0.385 e. The maximum absolute atomic E-state index is 13.2. The van der Waals surface area contributed by atoms with Gasteiger partial charge in [0, 0.05) is 36.5 Å². The maximum atomic E-state index is 13.2. The van der Waals surface area contributed by atoms with E-state index in [2.05, 4.69) is 19.2 Å². The first-order valence-corrected chi connectivity index (χ1v) is 10.5. The molecule has 5 nitrogen and oxygen atoms in total. The highest BCUT2D eigenvalue weighted by atomic mass is 35.5. The number of benzene rings is 2. The van der Waals surface area contributed by atoms with Crippen molar-refractivity contribution in [3.63, 3.8) is 0 Å². The summed E-state index contributed by atoms with van der Waals surface area (Å²) in [5, 5.41) is 3.91. The second-order valence-corrected chi connectivity index (χ2v) is 8.23. The smallest absolute Gasteiger partial charge is 0.278 e. The van der Waals surface area contributed by atoms with Crippen LogP contribution in [0.4, 0.5) is 5.69 Å². The van der Waals surface area contributed by atoms with Crippen LogP contribution >= 0.6 is 23.2 Å². The van der Waals surface area contributed by atoms with Crippen LogP contribution in [-0.4, -0.2) is 37.0 Å². The summed E-state index contributed by atoms with van der Waals surface area (Å²) in [6, 6.07) is 12.7. The Bertz CT molecular complexity index is 984. The molecule has 0 atom stereocenters. The van der Waals surface area contributed by atoms with E-state index in [0.29, 0.717) is 34.6 Å². The van der Waals surface area contributed by atoms with Gasteiger partial charge in [0.05, 0.1) is 10.6 Å². The molecule has 0 bridgehead atoms. The quantitative estimate of drug-likeness (QED) is 0.438. The van der Waals surface area contributed by atoms with Crippen molar-refractivity contribution in [1.82, 2.24) is 4.90 Å². The van der Waals surface area contributed by atoms with Crippen LogP contribution in [0.5, 0.6) is 0 Å². The predicted molar refractivity (Wildman–Crippen MR) is 121 cm³/mol. The van der Waals surface area contributed by atoms with Crippen molar-refractivity contribution in [2.24, 2.45) is 0 Å². The lowest BCUT2D eigenvalue weighted by Gasteiger charge is -2.15. The van der Waals surface area contributed by atoms with Gasteiger partial charge in [-0.1, -0.05) is 55.2 Å². The van der Waals surface area contributed by atoms with Gasteiger partial charge in [-0.25, -0.2) is 0 Å². The summed E-state index contributed by atoms with van der Waals surface area (Å²) in [6.07, 6.45) is 0.548. The second kappa shape index (κ2) is 9.65. The number of imide groups is 1. The summed E-state index contributed by atoms with van der Waals surface area (Å²) in [5.41, 5.74) is 2.82. The first kappa shape index (κ1) is 22.3. The Hall–Kier alpha value is -2.34. The lowest BCUT2D eigenvalue weighted by atomic mass is 10.0. The standard InChI is InChI=1S/C23H24Cl2N2O3/c1-14(2)15-5-8-17(9-6-15)26-21-20(18-10-7-16(24)13-19(18)25)22(28)27(23(21)29)11-4-12-30-3/h5-10,13-14,26H,4,11-12H2,1-3H3. The molecule has 1 heterocycles. The molecule has 0 aliphatic carbocycles. The summed E-state index contributed by atoms with van der Waals surface area (Å²) in [5.74, 6) is -0.376. The van der Waals surface area contributed by atoms with Gasteiger partial charge in [0.25, 0.3) is 11.8 Å². The molecule has 1 N–H and O–H groups in total. The Morgan fingerprint density at radius 3 is 2.33 bits per heavy atom. The zero-order valence-electron chi connectivity index (χ0n) is 17.2. The van der Waals surface area contributed by atoms with Crippen molar-refractivity contribution in [3.8, 4) is 0 Å². The van der Waals surface area contributed by atoms with Gasteiger partial charge in [-0.05, 0) is 42.2 Å². The highest BCUT2D eigenvalue weighted by Gasteiger charge is 2.39. The molecule has 2 amide bonds. The van der Waals surface area contributed by atoms with Gasteiger partial charge in [0.1, 0.15) is 5.70 Å². The molecule has 0 saturated carbocycles. The van der Waals surface area contributed by atoms with Crippen LogP contribution in [0.1, 0.15) is 37.3 Å². The fourth-order valence-corrected chi connectivity index (χ4v) is 3.80. The number of nitrogens with zero attached hydrogens (tertiary/aromatic N) is 1. The largest absolute Gasteiger partial charge is 0.385 e. The van der Waals surface area contributed by atoms with Crippen LogP contribution in [-0.2, 0) is 14.3 Å². The van der Waals surface area contributed by atoms with Crippen molar-refractivity contribution in [2.75, 3.05) is 25.6 Å². The molecule has 30 heavy (non-hydrogen) atoms. The van der Waals surface area contributed by atoms with Crippen molar-refractivity contribution < 1.29 is 14.3 Å². The monoisotopic (exact) mass is 446 g/mol. The zero-order valence-corrected chi connectivity index (χ0v) is 18.7. The third-order valence-corrected chi connectivity index (χ3v) is 5.49. The van der Waals surface area contributed by atoms with Gasteiger partial charge >= 0.3 is 0 Å². The van der Waals surface area contributed by atoms with E-state index >= 15 is 0 Å². The van der Waals surface area contributed by atoms with Gasteiger partial charge in [0.15, 0.2) is 0 Å². The molecule has 0 radical (unpaired) electrons. The second-order valence-electron chi connectivity index (χ2n) is 7.38. The maximum Gasteiger partial charge on any atom is 0.278 e. The molecule has 0 fully saturated rings. The molecule has 2 aromatic rings. The van der Waals surface area contributed by atoms with Crippen LogP contribution in [0, 0.1) is 0 Å². The lowest BCUT2D eigenvalue weighted by molar-refractivity contribution is -0.136. The van der Waals surface area contributed by atoms with Gasteiger partial charge in [-0.3, -0.25) is 14.5 Å². The van der Waals surface area contributed by atoms with Crippen molar-refractivity contribution in [1.29, 1.82) is 0 Å². The predicted octanol–water partition coefficient (Wildman–Crippen LogP) is 5.35. The van der Waals surface area contributed by atoms with Gasteiger partial charge in [-0.15, -0.1) is 0 Å². The Balaban J connectivity index is 2.00. The van der Waals surface area contributed by atoms with Gasteiger partial charge in [0.2, 0.25) is 0 Å². The van der Waals surface area contributed by atoms with E-state index in [4.69, 9.17) is 27.9 Å². The molecular weight excluding hydrogens is 423 g/mol. The number of hydrogen-bond acceptors (Lipinski definition) is 4. The molecule has 158 valence electrons. The van der Waals surface area contributed by atoms with E-state index in [1.165, 1.54) is 10.5 Å². The normalized spacial score (nSPS) is 14.3. The van der Waals surface area contributed by atoms with Crippen LogP contribution in [0.15, 0.2) is 48.2 Å². The highest BCUT2D eigenvalue weighted by molar-refractivity contribution is 6.41. The summed E-state index contributed by atoms with van der Waals surface area (Å²) < 4.78 is 5.05. The van der Waals surface area contributed by atoms with Crippen molar-refractivity contribution in [3.05, 3.63) is 69.3 Å². The van der Waals surface area contributed by atoms with E-state index < -0.39 is 0 Å². The average Bonchev–Trinajstić information content (AvgIpc) is 2.93. The number of rotatable bonds is 8. The Morgan fingerprint density at radius 1 is 1.03 bits per heavy atom. The zero-order chi connectivity index (χ0) is 21.8. The summed E-state index contributed by atoms with van der Waals surface area (Å²) >= 11 is 12.4. The molecule has 1 aliphatic rings. The SMILES string of the molecule is COCCCN1C(=O)C(Nc2ccc(C(C)C)cc2)=C(c2ccc(Cl)cc2Cl)C1=O. The van der Waals surface area contributed by atoms with Gasteiger partial charge in [-0.2, -0.15) is 0 Å². The highest BCUT2D eigenvalue weighted by Crippen LogP contribution is 2.35. The van der Waals surface area contributed by atoms with E-state index in [-0.39, 0.29) is 29.6 Å². The third-order valence-electron chi connectivity index (χ3n) is 4.95. The Labute approximate surface area is 186 Å². The molecule has 0 spiro atoms. The van der Waals surface area contributed by atoms with Crippen LogP contribution in [0.25, 0.3) is 5.57 Å². The average molecular weight is 447 g/mol. The number of carbonyl (C=O) groups excluding carboxylic acids is 2. The van der Waals surface area contributed by atoms with Gasteiger partial charge < -0.3 is 10.1 Å². The van der Waals surface area contributed by atoms with E-state index in [1.54, 1.807) is 25.3 Å². The molecule has 2 aromatic carbocycles. The minimum atomic E-state index is -0.387. The third kappa shape index (κ3) is 4.69. The van der Waals surface area contributed by atoms with Crippen molar-refractivity contribution in [2.45, 2.75) is 26.2 Å². The molecular formula is C23H24Cl2N2O3. The van der Waals surface area contributed by atoms with Crippen LogP contribution < -0.4 is 5.32 Å². The van der Waals surface area contributed by atoms with Crippen LogP contribution in [0.3, 0.4) is 0 Å². The summed E-state index contributed by atoms with van der Waals surface area (Å²) in [6.45, 7) is 4.94. The van der Waals surface area contributed by atoms with Crippen LogP contribution in [0.2, 0.25) is 10.0 Å².